The number of aromatic nitrogens is 3. The molecule has 1 saturated heterocycles. The van der Waals surface area contributed by atoms with Crippen LogP contribution in [0.3, 0.4) is 0 Å². The van der Waals surface area contributed by atoms with Gasteiger partial charge in [0.25, 0.3) is 0 Å². The van der Waals surface area contributed by atoms with Crippen LogP contribution in [0.25, 0.3) is 11.3 Å². The number of hydrogen-bond acceptors (Lipinski definition) is 6. The third-order valence-electron chi connectivity index (χ3n) is 4.68. The van der Waals surface area contributed by atoms with Crippen molar-refractivity contribution in [3.05, 3.63) is 65.5 Å². The van der Waals surface area contributed by atoms with Gasteiger partial charge in [-0.3, -0.25) is 0 Å². The fourth-order valence-corrected chi connectivity index (χ4v) is 2.90. The molecule has 1 fully saturated rings. The maximum Gasteiger partial charge on any atom is 0.433 e. The topological polar surface area (TPSA) is 69.2 Å². The number of nitrogens with one attached hydrogen (secondary N) is 1. The summed E-state index contributed by atoms with van der Waals surface area (Å²) in [5, 5.41) is 2.81. The van der Waals surface area contributed by atoms with E-state index in [1.807, 2.05) is 0 Å². The molecule has 6 nitrogen and oxygen atoms in total. The van der Waals surface area contributed by atoms with Gasteiger partial charge in [0.2, 0.25) is 11.8 Å². The smallest absolute Gasteiger partial charge is 0.433 e. The molecule has 0 radical (unpaired) electrons. The highest BCUT2D eigenvalue weighted by Crippen LogP contribution is 2.36. The maximum absolute atomic E-state index is 13.2. The molecule has 33 heavy (non-hydrogen) atoms. The number of ether oxygens (including phenoxy) is 2. The van der Waals surface area contributed by atoms with E-state index in [9.17, 15) is 26.3 Å². The number of pyridine rings is 1. The van der Waals surface area contributed by atoms with Crippen molar-refractivity contribution in [1.29, 1.82) is 0 Å². The summed E-state index contributed by atoms with van der Waals surface area (Å²) in [7, 11) is 0. The van der Waals surface area contributed by atoms with Crippen LogP contribution in [0.15, 0.2) is 48.7 Å². The largest absolute Gasteiger partial charge is 0.469 e. The zero-order valence-corrected chi connectivity index (χ0v) is 16.7. The Bertz CT molecular complexity index is 1110. The molecule has 3 heterocycles. The summed E-state index contributed by atoms with van der Waals surface area (Å²) >= 11 is 0. The lowest BCUT2D eigenvalue weighted by Gasteiger charge is -2.27. The quantitative estimate of drug-likeness (QED) is 0.514. The lowest BCUT2D eigenvalue weighted by atomic mass is 10.1. The van der Waals surface area contributed by atoms with Crippen molar-refractivity contribution in [1.82, 2.24) is 15.0 Å². The lowest BCUT2D eigenvalue weighted by molar-refractivity contribution is -0.143. The number of benzene rings is 1. The minimum absolute atomic E-state index is 0.0677. The molecule has 0 unspecified atom stereocenters. The summed E-state index contributed by atoms with van der Waals surface area (Å²) < 4.78 is 88.3. The Morgan fingerprint density at radius 2 is 1.67 bits per heavy atom. The molecule has 12 heteroatoms. The molecule has 0 amide bonds. The van der Waals surface area contributed by atoms with E-state index in [1.165, 1.54) is 12.1 Å². The number of rotatable bonds is 6. The predicted molar refractivity (Wildman–Crippen MR) is 104 cm³/mol. The molecule has 0 saturated carbocycles. The molecular formula is C21H16F6N4O2. The van der Waals surface area contributed by atoms with Crippen LogP contribution in [0.1, 0.15) is 16.8 Å². The van der Waals surface area contributed by atoms with Gasteiger partial charge in [-0.2, -0.15) is 31.3 Å². The number of anilines is 1. The molecule has 2 aromatic heterocycles. The van der Waals surface area contributed by atoms with Crippen molar-refractivity contribution in [2.45, 2.75) is 25.0 Å². The van der Waals surface area contributed by atoms with Gasteiger partial charge in [0.15, 0.2) is 0 Å². The Morgan fingerprint density at radius 3 is 2.27 bits per heavy atom. The van der Waals surface area contributed by atoms with E-state index < -0.39 is 35.6 Å². The Kier molecular flexibility index (Phi) is 6.11. The van der Waals surface area contributed by atoms with Gasteiger partial charge in [0.1, 0.15) is 17.4 Å². The van der Waals surface area contributed by atoms with Gasteiger partial charge in [-0.15, -0.1) is 0 Å². The third kappa shape index (κ3) is 5.51. The van der Waals surface area contributed by atoms with Gasteiger partial charge in [-0.25, -0.2) is 9.97 Å². The first-order chi connectivity index (χ1) is 15.6. The molecule has 174 valence electrons. The molecule has 1 aromatic carbocycles. The van der Waals surface area contributed by atoms with E-state index in [4.69, 9.17) is 9.47 Å². The van der Waals surface area contributed by atoms with Gasteiger partial charge in [0.05, 0.1) is 18.9 Å². The number of nitrogens with zero attached hydrogens (tertiary/aromatic N) is 3. The first-order valence-corrected chi connectivity index (χ1v) is 9.65. The highest BCUT2D eigenvalue weighted by molar-refractivity contribution is 5.59. The second-order valence-corrected chi connectivity index (χ2v) is 7.14. The van der Waals surface area contributed by atoms with Crippen LogP contribution >= 0.6 is 0 Å². The predicted octanol–water partition coefficient (Wildman–Crippen LogP) is 4.97. The summed E-state index contributed by atoms with van der Waals surface area (Å²) in [6.07, 6.45) is -9.08. The standard InChI is InChI=1S/C21H16F6N4O2/c22-20(23,24)15-9-29-19(31-18(15)33-14-10-32-11-14)28-8-12-4-6-13(7-5-12)16-2-1-3-17(30-16)21(25,26)27/h1-7,9,14H,8,10-11H2,(H,28,29,31). The Labute approximate surface area is 183 Å². The number of hydrogen-bond donors (Lipinski definition) is 1. The summed E-state index contributed by atoms with van der Waals surface area (Å²) in [6, 6.07) is 10.1. The van der Waals surface area contributed by atoms with Gasteiger partial charge >= 0.3 is 12.4 Å². The molecule has 0 atom stereocenters. The van der Waals surface area contributed by atoms with Crippen LogP contribution in [0.4, 0.5) is 32.3 Å². The van der Waals surface area contributed by atoms with Gasteiger partial charge < -0.3 is 14.8 Å². The SMILES string of the molecule is FC(F)(F)c1cccc(-c2ccc(CNc3ncc(C(F)(F)F)c(OC4COC4)n3)cc2)n1. The molecule has 1 N–H and O–H groups in total. The maximum atomic E-state index is 13.2. The van der Waals surface area contributed by atoms with Crippen molar-refractivity contribution in [2.75, 3.05) is 18.5 Å². The summed E-state index contributed by atoms with van der Waals surface area (Å²) in [5.74, 6) is -0.652. The van der Waals surface area contributed by atoms with Crippen LogP contribution in [-0.2, 0) is 23.6 Å². The second-order valence-electron chi connectivity index (χ2n) is 7.14. The number of alkyl halides is 6. The zero-order valence-electron chi connectivity index (χ0n) is 16.7. The molecule has 1 aliphatic heterocycles. The molecule has 0 aliphatic carbocycles. The normalized spacial score (nSPS) is 14.6. The lowest BCUT2D eigenvalue weighted by Crippen LogP contribution is -2.39. The van der Waals surface area contributed by atoms with Gasteiger partial charge in [0, 0.05) is 18.3 Å². The van der Waals surface area contributed by atoms with Gasteiger partial charge in [-0.05, 0) is 17.7 Å². The minimum atomic E-state index is -4.67. The molecule has 1 aliphatic rings. The van der Waals surface area contributed by atoms with Crippen molar-refractivity contribution in [3.63, 3.8) is 0 Å². The summed E-state index contributed by atoms with van der Waals surface area (Å²) in [5.41, 5.74) is -0.732. The van der Waals surface area contributed by atoms with Crippen LogP contribution in [0.2, 0.25) is 0 Å². The second kappa shape index (κ2) is 8.85. The zero-order chi connectivity index (χ0) is 23.6. The van der Waals surface area contributed by atoms with E-state index in [0.29, 0.717) is 17.3 Å². The first kappa shape index (κ1) is 22.8. The van der Waals surface area contributed by atoms with E-state index in [2.05, 4.69) is 20.3 Å². The van der Waals surface area contributed by atoms with Crippen molar-refractivity contribution in [2.24, 2.45) is 0 Å². The Hall–Kier alpha value is -3.41. The molecule has 0 spiro atoms. The van der Waals surface area contributed by atoms with E-state index in [0.717, 1.165) is 6.07 Å². The fourth-order valence-electron chi connectivity index (χ4n) is 2.90. The average molecular weight is 470 g/mol. The summed E-state index contributed by atoms with van der Waals surface area (Å²) in [6.45, 7) is 0.516. The van der Waals surface area contributed by atoms with Crippen LogP contribution in [0, 0.1) is 0 Å². The van der Waals surface area contributed by atoms with Crippen LogP contribution in [-0.4, -0.2) is 34.3 Å². The van der Waals surface area contributed by atoms with E-state index in [1.54, 1.807) is 24.3 Å². The first-order valence-electron chi connectivity index (χ1n) is 9.65. The van der Waals surface area contributed by atoms with Crippen molar-refractivity contribution < 1.29 is 35.8 Å². The van der Waals surface area contributed by atoms with Crippen molar-refractivity contribution in [3.8, 4) is 17.1 Å². The highest BCUT2D eigenvalue weighted by atomic mass is 19.4. The fraction of sp³-hybridized carbons (Fsp3) is 0.286. The molecule has 0 bridgehead atoms. The van der Waals surface area contributed by atoms with Crippen molar-refractivity contribution >= 4 is 5.95 Å². The number of halogens is 6. The Balaban J connectivity index is 1.45. The van der Waals surface area contributed by atoms with Crippen LogP contribution in [0.5, 0.6) is 5.88 Å². The van der Waals surface area contributed by atoms with E-state index in [-0.39, 0.29) is 31.4 Å². The Morgan fingerprint density at radius 1 is 0.939 bits per heavy atom. The molecular weight excluding hydrogens is 454 g/mol. The minimum Gasteiger partial charge on any atom is -0.469 e. The van der Waals surface area contributed by atoms with Gasteiger partial charge in [-0.1, -0.05) is 30.3 Å². The highest BCUT2D eigenvalue weighted by Gasteiger charge is 2.37. The van der Waals surface area contributed by atoms with E-state index >= 15 is 0 Å². The van der Waals surface area contributed by atoms with Crippen LogP contribution < -0.4 is 10.1 Å². The monoisotopic (exact) mass is 470 g/mol. The third-order valence-corrected chi connectivity index (χ3v) is 4.68. The molecule has 4 rings (SSSR count). The molecule has 3 aromatic rings. The summed E-state index contributed by atoms with van der Waals surface area (Å²) in [4.78, 5) is 11.2. The average Bonchev–Trinajstić information content (AvgIpc) is 2.74.